The van der Waals surface area contributed by atoms with Gasteiger partial charge in [0.2, 0.25) is 5.91 Å². The third-order valence-corrected chi connectivity index (χ3v) is 9.48. The maximum absolute atomic E-state index is 14.2. The minimum absolute atomic E-state index is 0.0571. The molecule has 0 saturated heterocycles. The average molecular weight is 684 g/mol. The van der Waals surface area contributed by atoms with E-state index >= 15 is 0 Å². The number of nitrogens with zero attached hydrogens (tertiary/aromatic N) is 4. The third-order valence-electron chi connectivity index (χ3n) is 9.17. The van der Waals surface area contributed by atoms with Gasteiger partial charge in [0.25, 0.3) is 5.91 Å². The topological polar surface area (TPSA) is 119 Å². The predicted octanol–water partition coefficient (Wildman–Crippen LogP) is 6.59. The molecule has 0 spiro atoms. The van der Waals surface area contributed by atoms with Crippen LogP contribution in [0.5, 0.6) is 0 Å². The summed E-state index contributed by atoms with van der Waals surface area (Å²) in [5, 5.41) is 20.1. The lowest BCUT2D eigenvalue weighted by molar-refractivity contribution is -0.160. The van der Waals surface area contributed by atoms with E-state index in [1.165, 1.54) is 24.3 Å². The number of aliphatic carboxylic acids is 1. The second-order valence-corrected chi connectivity index (χ2v) is 12.6. The molecule has 6 rings (SSSR count). The molecule has 9 nitrogen and oxygen atoms in total. The summed E-state index contributed by atoms with van der Waals surface area (Å²) in [6.07, 6.45) is -5.40. The fraction of sp³-hybridized carbons (Fsp3) is 0.452. The molecule has 3 aromatic rings. The number of amides is 1. The van der Waals surface area contributed by atoms with Gasteiger partial charge in [0.1, 0.15) is 6.54 Å². The molecule has 1 saturated carbocycles. The maximum atomic E-state index is 14.2. The Bertz CT molecular complexity index is 1790. The Morgan fingerprint density at radius 3 is 2.36 bits per heavy atom. The quantitative estimate of drug-likeness (QED) is 0.271. The number of alkyl halides is 6. The molecule has 2 atom stereocenters. The highest BCUT2D eigenvalue weighted by molar-refractivity contribution is 6.34. The zero-order chi connectivity index (χ0) is 33.9. The number of carboxylic acids is 1. The van der Waals surface area contributed by atoms with E-state index in [1.807, 2.05) is 0 Å². The molecule has 3 aliphatic carbocycles. The molecule has 1 aromatic carbocycles. The number of carbonyl (C=O) groups is 3. The number of fused-ring (bicyclic) bond motifs is 1. The maximum Gasteiger partial charge on any atom is 0.408 e. The van der Waals surface area contributed by atoms with Gasteiger partial charge in [-0.25, -0.2) is 0 Å². The largest absolute Gasteiger partial charge is 0.481 e. The number of allylic oxidation sites excluding steroid dienone is 2. The molecule has 2 aromatic heterocycles. The average Bonchev–Trinajstić information content (AvgIpc) is 3.59. The zero-order valence-electron chi connectivity index (χ0n) is 24.6. The second-order valence-electron chi connectivity index (χ2n) is 12.2. The third kappa shape index (κ3) is 6.29. The van der Waals surface area contributed by atoms with Crippen LogP contribution in [0.2, 0.25) is 5.02 Å². The monoisotopic (exact) mass is 683 g/mol. The van der Waals surface area contributed by atoms with Crippen LogP contribution in [-0.4, -0.2) is 54.8 Å². The van der Waals surface area contributed by atoms with Crippen LogP contribution in [0.3, 0.4) is 0 Å². The Morgan fingerprint density at radius 2 is 1.74 bits per heavy atom. The van der Waals surface area contributed by atoms with E-state index in [9.17, 15) is 45.8 Å². The van der Waals surface area contributed by atoms with Gasteiger partial charge in [-0.05, 0) is 62.1 Å². The first kappa shape index (κ1) is 32.8. The van der Waals surface area contributed by atoms with Crippen molar-refractivity contribution in [2.75, 3.05) is 5.32 Å². The molecule has 16 heteroatoms. The molecule has 2 heterocycles. The normalized spacial score (nSPS) is 20.7. The number of anilines is 1. The molecular weight excluding hydrogens is 656 g/mol. The van der Waals surface area contributed by atoms with Crippen LogP contribution in [0.1, 0.15) is 71.4 Å². The number of nitrogens with one attached hydrogen (secondary N) is 1. The Hall–Kier alpha value is -4.14. The molecule has 250 valence electrons. The van der Waals surface area contributed by atoms with Crippen molar-refractivity contribution in [3.05, 3.63) is 69.6 Å². The fourth-order valence-electron chi connectivity index (χ4n) is 6.54. The molecule has 0 aliphatic heterocycles. The summed E-state index contributed by atoms with van der Waals surface area (Å²) in [6.45, 7) is -1.34. The van der Waals surface area contributed by atoms with E-state index in [1.54, 1.807) is 6.08 Å². The minimum atomic E-state index is -4.63. The number of rotatable bonds is 7. The standard InChI is InChI=1S/C31H28ClF6N5O4/c32-21-3-1-2-20(29(11-12-29)31(36,37)38)24(21)27(45)43-22-14-18(26(44)39-23-10-13-42(40-23)15-30(33,34)35)8-9-19(22)25(41-43)16-4-6-17(7-5-16)28(46)47/h1-4,10,13,17-18H,5-9,11-12,14-15H2,(H,46,47)(H,39,40,44). The molecule has 3 aliphatic rings. The lowest BCUT2D eigenvalue weighted by atomic mass is 9.82. The van der Waals surface area contributed by atoms with Gasteiger partial charge in [-0.2, -0.15) is 41.2 Å². The van der Waals surface area contributed by atoms with Crippen LogP contribution in [-0.2, 0) is 34.4 Å². The van der Waals surface area contributed by atoms with Crippen molar-refractivity contribution < 1.29 is 45.8 Å². The van der Waals surface area contributed by atoms with Crippen molar-refractivity contribution in [1.82, 2.24) is 19.6 Å². The van der Waals surface area contributed by atoms with E-state index in [2.05, 4.69) is 15.5 Å². The van der Waals surface area contributed by atoms with Crippen molar-refractivity contribution in [1.29, 1.82) is 0 Å². The molecule has 1 fully saturated rings. The summed E-state index contributed by atoms with van der Waals surface area (Å²) in [4.78, 5) is 39.0. The number of halogens is 7. The van der Waals surface area contributed by atoms with Crippen LogP contribution in [0.15, 0.2) is 36.5 Å². The van der Waals surface area contributed by atoms with E-state index in [-0.39, 0.29) is 60.5 Å². The summed E-state index contributed by atoms with van der Waals surface area (Å²) in [5.41, 5.74) is -0.816. The highest BCUT2D eigenvalue weighted by Gasteiger charge is 2.65. The van der Waals surface area contributed by atoms with Gasteiger partial charge in [0, 0.05) is 30.2 Å². The zero-order valence-corrected chi connectivity index (χ0v) is 25.3. The fourth-order valence-corrected chi connectivity index (χ4v) is 6.80. The van der Waals surface area contributed by atoms with Gasteiger partial charge < -0.3 is 10.4 Å². The predicted molar refractivity (Wildman–Crippen MR) is 156 cm³/mol. The van der Waals surface area contributed by atoms with Crippen molar-refractivity contribution in [2.24, 2.45) is 11.8 Å². The highest BCUT2D eigenvalue weighted by Crippen LogP contribution is 2.60. The van der Waals surface area contributed by atoms with Crippen molar-refractivity contribution >= 4 is 40.8 Å². The first-order chi connectivity index (χ1) is 22.1. The lowest BCUT2D eigenvalue weighted by Crippen LogP contribution is -2.33. The first-order valence-electron chi connectivity index (χ1n) is 14.9. The van der Waals surface area contributed by atoms with Crippen molar-refractivity contribution in [3.8, 4) is 0 Å². The number of hydrogen-bond donors (Lipinski definition) is 2. The molecule has 2 unspecified atom stereocenters. The summed E-state index contributed by atoms with van der Waals surface area (Å²) in [6, 6.07) is 5.13. The van der Waals surface area contributed by atoms with Crippen LogP contribution < -0.4 is 5.32 Å². The summed E-state index contributed by atoms with van der Waals surface area (Å²) < 4.78 is 82.6. The van der Waals surface area contributed by atoms with E-state index < -0.39 is 53.9 Å². The number of carboxylic acid groups (broad SMARTS) is 1. The molecule has 47 heavy (non-hydrogen) atoms. The van der Waals surface area contributed by atoms with Gasteiger partial charge >= 0.3 is 18.3 Å². The Morgan fingerprint density at radius 1 is 1.02 bits per heavy atom. The van der Waals surface area contributed by atoms with Crippen LogP contribution in [0.4, 0.5) is 32.2 Å². The molecular formula is C31H28ClF6N5O4. The summed E-state index contributed by atoms with van der Waals surface area (Å²) in [7, 11) is 0. The van der Waals surface area contributed by atoms with Gasteiger partial charge in [-0.1, -0.05) is 29.8 Å². The number of benzene rings is 1. The van der Waals surface area contributed by atoms with E-state index in [0.717, 1.165) is 10.9 Å². The molecule has 1 amide bonds. The first-order valence-corrected chi connectivity index (χ1v) is 15.3. The molecule has 2 N–H and O–H groups in total. The summed E-state index contributed by atoms with van der Waals surface area (Å²) >= 11 is 6.41. The Balaban J connectivity index is 1.36. The highest BCUT2D eigenvalue weighted by atomic mass is 35.5. The number of aromatic nitrogens is 4. The van der Waals surface area contributed by atoms with Gasteiger partial charge in [-0.15, -0.1) is 0 Å². The lowest BCUT2D eigenvalue weighted by Gasteiger charge is -2.24. The van der Waals surface area contributed by atoms with Crippen LogP contribution in [0.25, 0.3) is 5.57 Å². The smallest absolute Gasteiger partial charge is 0.408 e. The van der Waals surface area contributed by atoms with Gasteiger partial charge in [0.15, 0.2) is 5.82 Å². The Kier molecular flexibility index (Phi) is 8.25. The molecule has 0 bridgehead atoms. The molecule has 0 radical (unpaired) electrons. The van der Waals surface area contributed by atoms with Crippen LogP contribution >= 0.6 is 11.6 Å². The second kappa shape index (κ2) is 11.8. The van der Waals surface area contributed by atoms with Crippen LogP contribution in [0, 0.1) is 11.8 Å². The Labute approximate surface area is 268 Å². The van der Waals surface area contributed by atoms with Crippen molar-refractivity contribution in [3.63, 3.8) is 0 Å². The SMILES string of the molecule is O=C(O)C1CC=C(c2nn(C(=O)c3c(Cl)cccc3C3(C(F)(F)F)CC3)c3c2CCC(C(=O)Nc2ccn(CC(F)(F)F)n2)C3)CC1. The summed E-state index contributed by atoms with van der Waals surface area (Å²) in [5.74, 6) is -3.87. The van der Waals surface area contributed by atoms with Gasteiger partial charge in [-0.3, -0.25) is 19.1 Å². The van der Waals surface area contributed by atoms with Crippen molar-refractivity contribution in [2.45, 2.75) is 75.7 Å². The van der Waals surface area contributed by atoms with Gasteiger partial charge in [0.05, 0.1) is 33.3 Å². The van der Waals surface area contributed by atoms with E-state index in [4.69, 9.17) is 11.6 Å². The number of carbonyl (C=O) groups excluding carboxylic acids is 2. The minimum Gasteiger partial charge on any atom is -0.481 e. The number of hydrogen-bond acceptors (Lipinski definition) is 5. The van der Waals surface area contributed by atoms with E-state index in [0.29, 0.717) is 40.0 Å².